The average Bonchev–Trinajstić information content (AvgIpc) is 2.59. The summed E-state index contributed by atoms with van der Waals surface area (Å²) in [5, 5.41) is 0.0709. The molecular weight excluding hydrogens is 310 g/mol. The summed E-state index contributed by atoms with van der Waals surface area (Å²) in [4.78, 5) is 13.7. The molecule has 0 unspecified atom stereocenters. The molecule has 1 heterocycles. The van der Waals surface area contributed by atoms with Gasteiger partial charge in [-0.2, -0.15) is 0 Å². The fraction of sp³-hybridized carbons (Fsp3) is 0.944. The minimum absolute atomic E-state index is 0.0709. The van der Waals surface area contributed by atoms with E-state index in [0.29, 0.717) is 6.42 Å². The Hall–Kier alpha value is -0.420. The zero-order valence-electron chi connectivity index (χ0n) is 14.7. The maximum absolute atomic E-state index is 12.5. The summed E-state index contributed by atoms with van der Waals surface area (Å²) in [6, 6.07) is 0. The summed E-state index contributed by atoms with van der Waals surface area (Å²) < 4.78 is 18.2. The molecule has 1 saturated carbocycles. The number of likely N-dealkylation sites (tertiary alicyclic amines) is 1. The molecule has 0 aromatic carbocycles. The van der Waals surface area contributed by atoms with Crippen molar-refractivity contribution < 1.29 is 18.6 Å². The van der Waals surface area contributed by atoms with Gasteiger partial charge in [-0.3, -0.25) is 9.00 Å². The smallest absolute Gasteiger partial charge is 0.311 e. The Kier molecular flexibility index (Phi) is 8.59. The van der Waals surface area contributed by atoms with Gasteiger partial charge >= 0.3 is 5.97 Å². The lowest BCUT2D eigenvalue weighted by atomic mass is 9.97. The van der Waals surface area contributed by atoms with Gasteiger partial charge in [0, 0.05) is 16.6 Å². The Morgan fingerprint density at radius 2 is 1.87 bits per heavy atom. The van der Waals surface area contributed by atoms with E-state index in [4.69, 9.17) is 4.74 Å². The Morgan fingerprint density at radius 3 is 2.61 bits per heavy atom. The first-order valence-electron chi connectivity index (χ1n) is 9.61. The Balaban J connectivity index is 1.75. The topological polar surface area (TPSA) is 47.8 Å². The second-order valence-corrected chi connectivity index (χ2v) is 8.88. The number of rotatable bonds is 8. The number of quaternary nitrogens is 1. The minimum atomic E-state index is -0.843. The zero-order valence-corrected chi connectivity index (χ0v) is 15.5. The van der Waals surface area contributed by atoms with E-state index in [-0.39, 0.29) is 17.3 Å². The maximum Gasteiger partial charge on any atom is 0.311 e. The molecule has 134 valence electrons. The second-order valence-electron chi connectivity index (χ2n) is 7.10. The van der Waals surface area contributed by atoms with Crippen molar-refractivity contribution in [3.05, 3.63) is 0 Å². The Bertz CT molecular complexity index is 382. The van der Waals surface area contributed by atoms with Crippen LogP contribution in [0.2, 0.25) is 0 Å². The van der Waals surface area contributed by atoms with Crippen molar-refractivity contribution in [1.29, 1.82) is 0 Å². The summed E-state index contributed by atoms with van der Waals surface area (Å²) in [6.07, 6.45) is 10.4. The van der Waals surface area contributed by atoms with Gasteiger partial charge in [-0.15, -0.1) is 0 Å². The lowest BCUT2D eigenvalue weighted by Crippen LogP contribution is -3.12. The number of carbonyl (C=O) groups is 1. The molecule has 2 rings (SSSR count). The molecule has 2 fully saturated rings. The van der Waals surface area contributed by atoms with Gasteiger partial charge in [0.25, 0.3) is 0 Å². The standard InChI is InChI=1S/C18H33NO3S/c1-2-3-15-23(21)17-10-6-5-9-16(17)22-18(20)11-14-19-12-7-4-8-13-19/h16-17H,2-15H2,1H3/p+1/t16-,17+,23+/m0/s1. The highest BCUT2D eigenvalue weighted by Gasteiger charge is 2.32. The van der Waals surface area contributed by atoms with Crippen LogP contribution in [-0.2, 0) is 20.3 Å². The molecule has 0 aromatic rings. The first-order chi connectivity index (χ1) is 11.2. The molecule has 2 aliphatic rings. The van der Waals surface area contributed by atoms with E-state index in [1.54, 1.807) is 4.90 Å². The zero-order chi connectivity index (χ0) is 16.5. The number of hydrogen-bond donors (Lipinski definition) is 1. The van der Waals surface area contributed by atoms with Crippen LogP contribution in [0.5, 0.6) is 0 Å². The van der Waals surface area contributed by atoms with Gasteiger partial charge < -0.3 is 9.64 Å². The van der Waals surface area contributed by atoms with Gasteiger partial charge in [-0.05, 0) is 44.9 Å². The predicted octanol–water partition coefficient (Wildman–Crippen LogP) is 1.85. The maximum atomic E-state index is 12.5. The van der Waals surface area contributed by atoms with Crippen molar-refractivity contribution in [3.8, 4) is 0 Å². The second kappa shape index (κ2) is 10.4. The van der Waals surface area contributed by atoms with Gasteiger partial charge in [0.05, 0.1) is 31.3 Å². The summed E-state index contributed by atoms with van der Waals surface area (Å²) in [7, 11) is -0.843. The monoisotopic (exact) mass is 344 g/mol. The molecule has 0 spiro atoms. The molecule has 1 aliphatic carbocycles. The number of nitrogens with one attached hydrogen (secondary N) is 1. The third kappa shape index (κ3) is 6.54. The van der Waals surface area contributed by atoms with Crippen molar-refractivity contribution >= 4 is 16.8 Å². The Labute approximate surface area is 143 Å². The molecule has 4 nitrogen and oxygen atoms in total. The lowest BCUT2D eigenvalue weighted by Gasteiger charge is -2.31. The highest BCUT2D eigenvalue weighted by atomic mass is 32.2. The first kappa shape index (κ1) is 18.9. The van der Waals surface area contributed by atoms with Crippen LogP contribution >= 0.6 is 0 Å². The summed E-state index contributed by atoms with van der Waals surface area (Å²) in [5.74, 6) is 0.681. The van der Waals surface area contributed by atoms with E-state index >= 15 is 0 Å². The predicted molar refractivity (Wildman–Crippen MR) is 94.1 cm³/mol. The van der Waals surface area contributed by atoms with Gasteiger partial charge in [-0.1, -0.05) is 19.8 Å². The van der Waals surface area contributed by atoms with E-state index in [0.717, 1.165) is 50.8 Å². The van der Waals surface area contributed by atoms with Crippen molar-refractivity contribution in [2.24, 2.45) is 0 Å². The highest BCUT2D eigenvalue weighted by molar-refractivity contribution is 7.85. The molecule has 0 radical (unpaired) electrons. The highest BCUT2D eigenvalue weighted by Crippen LogP contribution is 2.26. The molecule has 0 bridgehead atoms. The van der Waals surface area contributed by atoms with Crippen molar-refractivity contribution in [2.75, 3.05) is 25.4 Å². The molecule has 0 amide bonds. The number of esters is 1. The quantitative estimate of drug-likeness (QED) is 0.684. The third-order valence-corrected chi connectivity index (χ3v) is 7.11. The molecule has 1 aliphatic heterocycles. The summed E-state index contributed by atoms with van der Waals surface area (Å²) in [6.45, 7) is 5.41. The molecule has 1 saturated heterocycles. The van der Waals surface area contributed by atoms with Crippen LogP contribution < -0.4 is 4.90 Å². The van der Waals surface area contributed by atoms with E-state index in [1.807, 2.05) is 0 Å². The molecule has 5 heteroatoms. The minimum Gasteiger partial charge on any atom is -0.461 e. The van der Waals surface area contributed by atoms with Crippen LogP contribution in [0.1, 0.15) is 71.1 Å². The molecule has 0 aromatic heterocycles. The van der Waals surface area contributed by atoms with Crippen LogP contribution in [0.3, 0.4) is 0 Å². The van der Waals surface area contributed by atoms with Crippen LogP contribution in [0.25, 0.3) is 0 Å². The number of unbranched alkanes of at least 4 members (excludes halogenated alkanes) is 1. The summed E-state index contributed by atoms with van der Waals surface area (Å²) >= 11 is 0. The van der Waals surface area contributed by atoms with E-state index in [2.05, 4.69) is 6.92 Å². The molecule has 3 atom stereocenters. The van der Waals surface area contributed by atoms with E-state index in [1.165, 1.54) is 32.4 Å². The Morgan fingerprint density at radius 1 is 1.13 bits per heavy atom. The molecule has 1 N–H and O–H groups in total. The lowest BCUT2D eigenvalue weighted by molar-refractivity contribution is -0.904. The fourth-order valence-corrected chi connectivity index (χ4v) is 5.58. The van der Waals surface area contributed by atoms with Crippen LogP contribution in [0, 0.1) is 0 Å². The van der Waals surface area contributed by atoms with Gasteiger partial charge in [0.1, 0.15) is 6.10 Å². The van der Waals surface area contributed by atoms with Crippen LogP contribution in [0.15, 0.2) is 0 Å². The van der Waals surface area contributed by atoms with Crippen LogP contribution in [-0.4, -0.2) is 46.9 Å². The van der Waals surface area contributed by atoms with Crippen molar-refractivity contribution in [1.82, 2.24) is 0 Å². The molecule has 23 heavy (non-hydrogen) atoms. The summed E-state index contributed by atoms with van der Waals surface area (Å²) in [5.41, 5.74) is 0. The van der Waals surface area contributed by atoms with Crippen molar-refractivity contribution in [3.63, 3.8) is 0 Å². The van der Waals surface area contributed by atoms with Gasteiger partial charge in [0.2, 0.25) is 0 Å². The van der Waals surface area contributed by atoms with Gasteiger partial charge in [0.15, 0.2) is 0 Å². The van der Waals surface area contributed by atoms with Crippen molar-refractivity contribution in [2.45, 2.75) is 82.5 Å². The molecular formula is C18H34NO3S+. The van der Waals surface area contributed by atoms with E-state index in [9.17, 15) is 9.00 Å². The van der Waals surface area contributed by atoms with E-state index < -0.39 is 10.8 Å². The SMILES string of the molecule is CCCC[S@@](=O)[C@@H]1CCCC[C@@H]1OC(=O)CC[NH+]1CCCCC1. The third-order valence-electron chi connectivity index (χ3n) is 5.20. The number of piperidine rings is 1. The first-order valence-corrected chi connectivity index (χ1v) is 11.0. The normalized spacial score (nSPS) is 27.5. The van der Waals surface area contributed by atoms with Gasteiger partial charge in [-0.25, -0.2) is 0 Å². The fourth-order valence-electron chi connectivity index (χ4n) is 3.74. The van der Waals surface area contributed by atoms with Crippen LogP contribution in [0.4, 0.5) is 0 Å². The largest absolute Gasteiger partial charge is 0.461 e. The number of hydrogen-bond acceptors (Lipinski definition) is 3. The number of ether oxygens (including phenoxy) is 1. The number of carbonyl (C=O) groups excluding carboxylic acids is 1. The average molecular weight is 345 g/mol.